The lowest BCUT2D eigenvalue weighted by Crippen LogP contribution is -2.44. The molecule has 1 aromatic heterocycles. The van der Waals surface area contributed by atoms with Gasteiger partial charge in [0.05, 0.1) is 12.3 Å². The zero-order valence-electron chi connectivity index (χ0n) is 18.1. The summed E-state index contributed by atoms with van der Waals surface area (Å²) in [6.45, 7) is 4.86. The number of hydrogen-bond donors (Lipinski definition) is 0. The van der Waals surface area contributed by atoms with Crippen molar-refractivity contribution in [2.75, 3.05) is 44.7 Å². The molecule has 4 rings (SSSR count). The van der Waals surface area contributed by atoms with Crippen LogP contribution in [0.15, 0.2) is 47.8 Å². The van der Waals surface area contributed by atoms with Gasteiger partial charge in [-0.3, -0.25) is 9.78 Å². The SMILES string of the molecule is CN1CCN(c2cccc(C/C(=N\OC3CCCCO3)c3cc(C=O)ccn3)c2)CC1. The van der Waals surface area contributed by atoms with Gasteiger partial charge in [0.2, 0.25) is 6.29 Å². The highest BCUT2D eigenvalue weighted by atomic mass is 16.8. The first kappa shape index (κ1) is 21.5. The summed E-state index contributed by atoms with van der Waals surface area (Å²) in [6, 6.07) is 12.0. The number of likely N-dealkylation sites (N-methyl/N-ethyl adjacent to an activating group) is 1. The van der Waals surface area contributed by atoms with Crippen LogP contribution in [0.3, 0.4) is 0 Å². The highest BCUT2D eigenvalue weighted by molar-refractivity contribution is 6.01. The summed E-state index contributed by atoms with van der Waals surface area (Å²) in [5.74, 6) is 0. The fourth-order valence-corrected chi connectivity index (χ4v) is 3.89. The molecule has 2 aromatic rings. The number of benzene rings is 1. The van der Waals surface area contributed by atoms with Gasteiger partial charge in [-0.05, 0) is 49.7 Å². The van der Waals surface area contributed by atoms with Crippen LogP contribution >= 0.6 is 0 Å². The molecule has 1 aromatic carbocycles. The smallest absolute Gasteiger partial charge is 0.226 e. The standard InChI is InChI=1S/C24H30N4O3/c1-27-10-12-28(13-11-27)21-6-4-5-19(15-21)16-23(22-17-20(18-29)8-9-25-22)26-31-24-7-2-3-14-30-24/h4-6,8-9,15,17-18,24H,2-3,7,10-14,16H2,1H3/b26-23+. The van der Waals surface area contributed by atoms with Crippen molar-refractivity contribution in [3.05, 3.63) is 59.4 Å². The second-order valence-corrected chi connectivity index (χ2v) is 8.17. The van der Waals surface area contributed by atoms with E-state index in [1.165, 1.54) is 5.69 Å². The van der Waals surface area contributed by atoms with Crippen LogP contribution in [0.25, 0.3) is 0 Å². The number of pyridine rings is 1. The molecule has 1 atom stereocenters. The number of carbonyl (C=O) groups is 1. The van der Waals surface area contributed by atoms with Crippen molar-refractivity contribution >= 4 is 17.7 Å². The van der Waals surface area contributed by atoms with E-state index in [-0.39, 0.29) is 6.29 Å². The monoisotopic (exact) mass is 422 g/mol. The Hall–Kier alpha value is -2.77. The fourth-order valence-electron chi connectivity index (χ4n) is 3.89. The zero-order chi connectivity index (χ0) is 21.5. The quantitative estimate of drug-likeness (QED) is 0.388. The number of hydrogen-bond acceptors (Lipinski definition) is 7. The van der Waals surface area contributed by atoms with Crippen molar-refractivity contribution in [2.24, 2.45) is 5.16 Å². The minimum Gasteiger partial charge on any atom is -0.369 e. The first-order valence-electron chi connectivity index (χ1n) is 11.0. The molecule has 0 spiro atoms. The summed E-state index contributed by atoms with van der Waals surface area (Å²) in [4.78, 5) is 26.2. The van der Waals surface area contributed by atoms with Crippen molar-refractivity contribution in [3.8, 4) is 0 Å². The maximum Gasteiger partial charge on any atom is 0.226 e. The molecular weight excluding hydrogens is 392 g/mol. The summed E-state index contributed by atoms with van der Waals surface area (Å²) in [5.41, 5.74) is 4.24. The average molecular weight is 423 g/mol. The predicted octanol–water partition coefficient (Wildman–Crippen LogP) is 3.14. The Labute approximate surface area is 183 Å². The minimum absolute atomic E-state index is 0.324. The highest BCUT2D eigenvalue weighted by Crippen LogP contribution is 2.20. The first-order chi connectivity index (χ1) is 15.2. The van der Waals surface area contributed by atoms with E-state index in [2.05, 4.69) is 51.3 Å². The summed E-state index contributed by atoms with van der Waals surface area (Å²) in [7, 11) is 2.16. The Morgan fingerprint density at radius 1 is 1.23 bits per heavy atom. The minimum atomic E-state index is -0.324. The molecule has 0 aliphatic carbocycles. The van der Waals surface area contributed by atoms with Crippen LogP contribution < -0.4 is 4.90 Å². The largest absolute Gasteiger partial charge is 0.369 e. The van der Waals surface area contributed by atoms with Crippen molar-refractivity contribution < 1.29 is 14.4 Å². The second-order valence-electron chi connectivity index (χ2n) is 8.17. The van der Waals surface area contributed by atoms with E-state index < -0.39 is 0 Å². The topological polar surface area (TPSA) is 67.3 Å². The van der Waals surface area contributed by atoms with Gasteiger partial charge < -0.3 is 19.4 Å². The molecule has 0 amide bonds. The molecule has 7 nitrogen and oxygen atoms in total. The third-order valence-corrected chi connectivity index (χ3v) is 5.78. The van der Waals surface area contributed by atoms with Gasteiger partial charge in [0, 0.05) is 56.5 Å². The lowest BCUT2D eigenvalue weighted by atomic mass is 10.0. The van der Waals surface area contributed by atoms with Crippen LogP contribution in [0, 0.1) is 0 Å². The Balaban J connectivity index is 1.55. The number of carbonyl (C=O) groups excluding carboxylic acids is 1. The van der Waals surface area contributed by atoms with Crippen molar-refractivity contribution in [3.63, 3.8) is 0 Å². The van der Waals surface area contributed by atoms with Gasteiger partial charge in [-0.1, -0.05) is 17.3 Å². The fraction of sp³-hybridized carbons (Fsp3) is 0.458. The molecule has 164 valence electrons. The molecule has 1 unspecified atom stereocenters. The summed E-state index contributed by atoms with van der Waals surface area (Å²) >= 11 is 0. The average Bonchev–Trinajstić information content (AvgIpc) is 2.83. The Morgan fingerprint density at radius 3 is 2.87 bits per heavy atom. The predicted molar refractivity (Wildman–Crippen MR) is 121 cm³/mol. The van der Waals surface area contributed by atoms with Gasteiger partial charge in [0.25, 0.3) is 0 Å². The number of piperazine rings is 1. The molecule has 0 radical (unpaired) electrons. The van der Waals surface area contributed by atoms with E-state index in [4.69, 9.17) is 9.57 Å². The molecule has 2 saturated heterocycles. The molecule has 31 heavy (non-hydrogen) atoms. The van der Waals surface area contributed by atoms with E-state index in [0.717, 1.165) is 57.3 Å². The number of oxime groups is 1. The first-order valence-corrected chi connectivity index (χ1v) is 11.0. The summed E-state index contributed by atoms with van der Waals surface area (Å²) < 4.78 is 5.65. The second kappa shape index (κ2) is 10.5. The zero-order valence-corrected chi connectivity index (χ0v) is 18.1. The molecule has 0 N–H and O–H groups in total. The van der Waals surface area contributed by atoms with Crippen LogP contribution in [0.4, 0.5) is 5.69 Å². The number of anilines is 1. The lowest BCUT2D eigenvalue weighted by molar-refractivity contribution is -0.162. The van der Waals surface area contributed by atoms with Gasteiger partial charge in [0.1, 0.15) is 12.0 Å². The van der Waals surface area contributed by atoms with Gasteiger partial charge in [-0.2, -0.15) is 0 Å². The van der Waals surface area contributed by atoms with Crippen LogP contribution in [0.5, 0.6) is 0 Å². The number of aldehydes is 1. The molecule has 0 bridgehead atoms. The summed E-state index contributed by atoms with van der Waals surface area (Å²) in [6.07, 6.45) is 5.64. The van der Waals surface area contributed by atoms with Crippen molar-refractivity contribution in [1.82, 2.24) is 9.88 Å². The Kier molecular flexibility index (Phi) is 7.27. The Morgan fingerprint density at radius 2 is 2.10 bits per heavy atom. The summed E-state index contributed by atoms with van der Waals surface area (Å²) in [5, 5.41) is 4.43. The Bertz CT molecular complexity index is 903. The number of nitrogens with zero attached hydrogens (tertiary/aromatic N) is 4. The highest BCUT2D eigenvalue weighted by Gasteiger charge is 2.18. The van der Waals surface area contributed by atoms with E-state index in [0.29, 0.717) is 30.0 Å². The molecule has 2 aliphatic rings. The van der Waals surface area contributed by atoms with Crippen LogP contribution in [0.1, 0.15) is 40.9 Å². The number of aromatic nitrogens is 1. The van der Waals surface area contributed by atoms with Crippen molar-refractivity contribution in [1.29, 1.82) is 0 Å². The molecule has 2 aliphatic heterocycles. The third kappa shape index (κ3) is 5.89. The van der Waals surface area contributed by atoms with E-state index in [1.54, 1.807) is 18.3 Å². The van der Waals surface area contributed by atoms with Crippen LogP contribution in [-0.2, 0) is 16.0 Å². The lowest BCUT2D eigenvalue weighted by Gasteiger charge is -2.34. The maximum absolute atomic E-state index is 11.3. The van der Waals surface area contributed by atoms with Crippen molar-refractivity contribution in [2.45, 2.75) is 32.0 Å². The van der Waals surface area contributed by atoms with E-state index in [9.17, 15) is 4.79 Å². The van der Waals surface area contributed by atoms with Gasteiger partial charge in [-0.15, -0.1) is 0 Å². The number of rotatable bonds is 7. The molecule has 2 fully saturated rings. The van der Waals surface area contributed by atoms with E-state index >= 15 is 0 Å². The van der Waals surface area contributed by atoms with E-state index in [1.807, 2.05) is 0 Å². The molecule has 3 heterocycles. The normalized spacial score (nSPS) is 20.5. The molecular formula is C24H30N4O3. The maximum atomic E-state index is 11.3. The molecule has 0 saturated carbocycles. The number of ether oxygens (including phenoxy) is 1. The van der Waals surface area contributed by atoms with Crippen LogP contribution in [0.2, 0.25) is 0 Å². The van der Waals surface area contributed by atoms with Crippen LogP contribution in [-0.4, -0.2) is 68.0 Å². The molecule has 7 heteroatoms. The van der Waals surface area contributed by atoms with Gasteiger partial charge in [-0.25, -0.2) is 0 Å². The van der Waals surface area contributed by atoms with Gasteiger partial charge in [0.15, 0.2) is 0 Å². The third-order valence-electron chi connectivity index (χ3n) is 5.78. The van der Waals surface area contributed by atoms with Gasteiger partial charge >= 0.3 is 0 Å².